The quantitative estimate of drug-likeness (QED) is 0.703. The SMILES string of the molecule is CCC(C)CC(C)NC(=O)C1(CN)CC1. The predicted octanol–water partition coefficient (Wildman–Crippen LogP) is 1.67. The summed E-state index contributed by atoms with van der Waals surface area (Å²) in [5.41, 5.74) is 5.41. The highest BCUT2D eigenvalue weighted by Crippen LogP contribution is 2.44. The second-order valence-electron chi connectivity index (χ2n) is 5.11. The van der Waals surface area contributed by atoms with E-state index < -0.39 is 0 Å². The van der Waals surface area contributed by atoms with E-state index in [2.05, 4.69) is 26.1 Å². The minimum Gasteiger partial charge on any atom is -0.353 e. The molecule has 3 N–H and O–H groups in total. The van der Waals surface area contributed by atoms with Gasteiger partial charge in [-0.1, -0.05) is 20.3 Å². The monoisotopic (exact) mass is 212 g/mol. The summed E-state index contributed by atoms with van der Waals surface area (Å²) in [6.07, 6.45) is 4.15. The lowest BCUT2D eigenvalue weighted by atomic mass is 9.99. The van der Waals surface area contributed by atoms with Gasteiger partial charge in [-0.05, 0) is 32.1 Å². The smallest absolute Gasteiger partial charge is 0.227 e. The van der Waals surface area contributed by atoms with Crippen molar-refractivity contribution in [1.29, 1.82) is 0 Å². The zero-order valence-electron chi connectivity index (χ0n) is 10.2. The van der Waals surface area contributed by atoms with Crippen molar-refractivity contribution in [2.45, 2.75) is 52.5 Å². The molecule has 0 aromatic rings. The normalized spacial score (nSPS) is 21.9. The van der Waals surface area contributed by atoms with Crippen molar-refractivity contribution < 1.29 is 4.79 Å². The lowest BCUT2D eigenvalue weighted by Gasteiger charge is -2.20. The van der Waals surface area contributed by atoms with Gasteiger partial charge in [0.2, 0.25) is 5.91 Å². The van der Waals surface area contributed by atoms with Gasteiger partial charge in [-0.15, -0.1) is 0 Å². The summed E-state index contributed by atoms with van der Waals surface area (Å²) in [4.78, 5) is 11.8. The van der Waals surface area contributed by atoms with Gasteiger partial charge in [0, 0.05) is 12.6 Å². The minimum atomic E-state index is -0.205. The van der Waals surface area contributed by atoms with Gasteiger partial charge in [0.15, 0.2) is 0 Å². The molecule has 88 valence electrons. The van der Waals surface area contributed by atoms with Crippen molar-refractivity contribution in [3.8, 4) is 0 Å². The Morgan fingerprint density at radius 2 is 2.07 bits per heavy atom. The average Bonchev–Trinajstić information content (AvgIpc) is 2.97. The van der Waals surface area contributed by atoms with Crippen molar-refractivity contribution in [1.82, 2.24) is 5.32 Å². The van der Waals surface area contributed by atoms with Crippen LogP contribution >= 0.6 is 0 Å². The second-order valence-corrected chi connectivity index (χ2v) is 5.11. The lowest BCUT2D eigenvalue weighted by Crippen LogP contribution is -2.41. The fourth-order valence-electron chi connectivity index (χ4n) is 1.88. The molecule has 2 atom stereocenters. The fraction of sp³-hybridized carbons (Fsp3) is 0.917. The molecule has 1 aliphatic rings. The van der Waals surface area contributed by atoms with E-state index in [0.29, 0.717) is 12.5 Å². The van der Waals surface area contributed by atoms with E-state index >= 15 is 0 Å². The number of carbonyl (C=O) groups is 1. The Balaban J connectivity index is 2.32. The molecule has 2 unspecified atom stereocenters. The molecule has 0 saturated heterocycles. The van der Waals surface area contributed by atoms with Gasteiger partial charge >= 0.3 is 0 Å². The van der Waals surface area contributed by atoms with Gasteiger partial charge < -0.3 is 11.1 Å². The number of rotatable bonds is 6. The molecule has 0 aromatic carbocycles. The molecule has 0 aliphatic heterocycles. The number of hydrogen-bond donors (Lipinski definition) is 2. The first kappa shape index (κ1) is 12.5. The standard InChI is InChI=1S/C12H24N2O/c1-4-9(2)7-10(3)14-11(15)12(8-13)5-6-12/h9-10H,4-8,13H2,1-3H3,(H,14,15). The molecular formula is C12H24N2O. The maximum atomic E-state index is 11.8. The van der Waals surface area contributed by atoms with Crippen LogP contribution in [0.25, 0.3) is 0 Å². The van der Waals surface area contributed by atoms with Gasteiger partial charge in [0.05, 0.1) is 5.41 Å². The predicted molar refractivity (Wildman–Crippen MR) is 62.4 cm³/mol. The van der Waals surface area contributed by atoms with E-state index in [9.17, 15) is 4.79 Å². The zero-order chi connectivity index (χ0) is 11.5. The van der Waals surface area contributed by atoms with Crippen LogP contribution in [-0.2, 0) is 4.79 Å². The average molecular weight is 212 g/mol. The van der Waals surface area contributed by atoms with Crippen LogP contribution < -0.4 is 11.1 Å². The second kappa shape index (κ2) is 4.97. The van der Waals surface area contributed by atoms with Crippen LogP contribution in [0.2, 0.25) is 0 Å². The molecule has 0 spiro atoms. The van der Waals surface area contributed by atoms with Crippen LogP contribution in [0.4, 0.5) is 0 Å². The molecular weight excluding hydrogens is 188 g/mol. The highest BCUT2D eigenvalue weighted by Gasteiger charge is 2.48. The summed E-state index contributed by atoms with van der Waals surface area (Å²) in [6.45, 7) is 6.98. The van der Waals surface area contributed by atoms with Crippen molar-refractivity contribution in [3.05, 3.63) is 0 Å². The number of amides is 1. The minimum absolute atomic E-state index is 0.167. The van der Waals surface area contributed by atoms with Crippen LogP contribution in [0.15, 0.2) is 0 Å². The zero-order valence-corrected chi connectivity index (χ0v) is 10.2. The molecule has 3 heteroatoms. The first-order chi connectivity index (χ1) is 7.04. The summed E-state index contributed by atoms with van der Waals surface area (Å²) in [7, 11) is 0. The third kappa shape index (κ3) is 3.20. The molecule has 1 aliphatic carbocycles. The summed E-state index contributed by atoms with van der Waals surface area (Å²) < 4.78 is 0. The van der Waals surface area contributed by atoms with Gasteiger partial charge in [-0.2, -0.15) is 0 Å². The van der Waals surface area contributed by atoms with E-state index in [1.54, 1.807) is 0 Å². The molecule has 0 aromatic heterocycles. The Labute approximate surface area is 92.8 Å². The van der Waals surface area contributed by atoms with Gasteiger partial charge in [-0.3, -0.25) is 4.79 Å². The lowest BCUT2D eigenvalue weighted by molar-refractivity contribution is -0.126. The molecule has 1 saturated carbocycles. The van der Waals surface area contributed by atoms with Crippen molar-refractivity contribution in [3.63, 3.8) is 0 Å². The highest BCUT2D eigenvalue weighted by atomic mass is 16.2. The number of nitrogens with one attached hydrogen (secondary N) is 1. The van der Waals surface area contributed by atoms with Crippen LogP contribution in [0.3, 0.4) is 0 Å². The van der Waals surface area contributed by atoms with E-state index in [1.807, 2.05) is 0 Å². The summed E-state index contributed by atoms with van der Waals surface area (Å²) >= 11 is 0. The molecule has 1 amide bonds. The molecule has 1 fully saturated rings. The van der Waals surface area contributed by atoms with E-state index in [4.69, 9.17) is 5.73 Å². The molecule has 1 rings (SSSR count). The third-order valence-corrected chi connectivity index (χ3v) is 3.56. The van der Waals surface area contributed by atoms with Crippen molar-refractivity contribution in [2.24, 2.45) is 17.1 Å². The summed E-state index contributed by atoms with van der Waals surface area (Å²) in [5.74, 6) is 0.842. The Morgan fingerprint density at radius 1 is 1.47 bits per heavy atom. The maximum absolute atomic E-state index is 11.8. The van der Waals surface area contributed by atoms with Gasteiger partial charge in [-0.25, -0.2) is 0 Å². The number of carbonyl (C=O) groups excluding carboxylic acids is 1. The fourth-order valence-corrected chi connectivity index (χ4v) is 1.88. The van der Waals surface area contributed by atoms with E-state index in [-0.39, 0.29) is 17.4 Å². The largest absolute Gasteiger partial charge is 0.353 e. The molecule has 15 heavy (non-hydrogen) atoms. The third-order valence-electron chi connectivity index (χ3n) is 3.56. The summed E-state index contributed by atoms with van der Waals surface area (Å²) in [6, 6.07) is 0.275. The van der Waals surface area contributed by atoms with Crippen LogP contribution in [0, 0.1) is 11.3 Å². The van der Waals surface area contributed by atoms with Gasteiger partial charge in [0.1, 0.15) is 0 Å². The first-order valence-corrected chi connectivity index (χ1v) is 6.05. The number of hydrogen-bond acceptors (Lipinski definition) is 2. The molecule has 0 radical (unpaired) electrons. The van der Waals surface area contributed by atoms with Crippen LogP contribution in [0.1, 0.15) is 46.5 Å². The first-order valence-electron chi connectivity index (χ1n) is 6.05. The van der Waals surface area contributed by atoms with E-state index in [0.717, 1.165) is 19.3 Å². The van der Waals surface area contributed by atoms with Gasteiger partial charge in [0.25, 0.3) is 0 Å². The van der Waals surface area contributed by atoms with Crippen molar-refractivity contribution >= 4 is 5.91 Å². The highest BCUT2D eigenvalue weighted by molar-refractivity contribution is 5.85. The Bertz CT molecular complexity index is 224. The Kier molecular flexibility index (Phi) is 4.14. The Morgan fingerprint density at radius 3 is 2.47 bits per heavy atom. The van der Waals surface area contributed by atoms with Crippen LogP contribution in [-0.4, -0.2) is 18.5 Å². The number of nitrogens with two attached hydrogens (primary N) is 1. The van der Waals surface area contributed by atoms with Crippen LogP contribution in [0.5, 0.6) is 0 Å². The summed E-state index contributed by atoms with van der Waals surface area (Å²) in [5, 5.41) is 3.08. The topological polar surface area (TPSA) is 55.1 Å². The Hall–Kier alpha value is -0.570. The maximum Gasteiger partial charge on any atom is 0.227 e. The van der Waals surface area contributed by atoms with E-state index in [1.165, 1.54) is 6.42 Å². The molecule has 0 heterocycles. The molecule has 0 bridgehead atoms. The molecule has 3 nitrogen and oxygen atoms in total. The van der Waals surface area contributed by atoms with Crippen molar-refractivity contribution in [2.75, 3.05) is 6.54 Å².